The molecule has 2 rings (SSSR count). The summed E-state index contributed by atoms with van der Waals surface area (Å²) in [5.41, 5.74) is 1.59. The number of carbonyl (C=O) groups is 2. The zero-order chi connectivity index (χ0) is 25.0. The molecule has 0 saturated carbocycles. The van der Waals surface area contributed by atoms with Gasteiger partial charge in [-0.25, -0.2) is 8.42 Å². The molecule has 2 amide bonds. The Labute approximate surface area is 201 Å². The number of aryl methyl sites for hydroxylation is 1. The van der Waals surface area contributed by atoms with Gasteiger partial charge in [0.25, 0.3) is 0 Å². The molecular weight excluding hydrogens is 462 g/mol. The SMILES string of the molecule is Cc1ccc(N(CC(=O)N(Cc2cccc(Cl)c2)C(C)C(=O)NC(C)(C)C)S(C)(=O)=O)cc1. The molecular formula is C24H32ClN3O4S. The van der Waals surface area contributed by atoms with Gasteiger partial charge in [0.15, 0.2) is 0 Å². The largest absolute Gasteiger partial charge is 0.350 e. The normalized spacial score (nSPS) is 12.7. The summed E-state index contributed by atoms with van der Waals surface area (Å²) in [7, 11) is -3.75. The van der Waals surface area contributed by atoms with E-state index in [4.69, 9.17) is 11.6 Å². The van der Waals surface area contributed by atoms with Crippen LogP contribution in [0.3, 0.4) is 0 Å². The smallest absolute Gasteiger partial charge is 0.244 e. The molecule has 0 heterocycles. The summed E-state index contributed by atoms with van der Waals surface area (Å²) in [5.74, 6) is -0.836. The lowest BCUT2D eigenvalue weighted by Gasteiger charge is -2.33. The van der Waals surface area contributed by atoms with Gasteiger partial charge in [0.05, 0.1) is 11.9 Å². The van der Waals surface area contributed by atoms with Gasteiger partial charge in [0.2, 0.25) is 21.8 Å². The van der Waals surface area contributed by atoms with Gasteiger partial charge in [-0.15, -0.1) is 0 Å². The van der Waals surface area contributed by atoms with Crippen LogP contribution >= 0.6 is 11.6 Å². The molecule has 0 spiro atoms. The second kappa shape index (κ2) is 10.6. The lowest BCUT2D eigenvalue weighted by Crippen LogP contribution is -2.54. The van der Waals surface area contributed by atoms with E-state index in [1.165, 1.54) is 4.90 Å². The fourth-order valence-corrected chi connectivity index (χ4v) is 4.28. The van der Waals surface area contributed by atoms with Crippen molar-refractivity contribution < 1.29 is 18.0 Å². The van der Waals surface area contributed by atoms with E-state index in [0.29, 0.717) is 10.7 Å². The van der Waals surface area contributed by atoms with Crippen molar-refractivity contribution in [3.8, 4) is 0 Å². The maximum atomic E-state index is 13.4. The van der Waals surface area contributed by atoms with Crippen LogP contribution in [0.2, 0.25) is 5.02 Å². The molecule has 1 unspecified atom stereocenters. The van der Waals surface area contributed by atoms with Crippen molar-refractivity contribution in [2.24, 2.45) is 0 Å². The number of rotatable bonds is 8. The molecule has 2 aromatic carbocycles. The number of amides is 2. The molecule has 0 aliphatic carbocycles. The number of hydrogen-bond donors (Lipinski definition) is 1. The summed E-state index contributed by atoms with van der Waals surface area (Å²) in [5, 5.41) is 3.39. The second-order valence-corrected chi connectivity index (χ2v) is 11.5. The summed E-state index contributed by atoms with van der Waals surface area (Å²) < 4.78 is 26.1. The predicted molar refractivity (Wildman–Crippen MR) is 133 cm³/mol. The number of carbonyl (C=O) groups excluding carboxylic acids is 2. The molecule has 0 fully saturated rings. The van der Waals surface area contributed by atoms with Gasteiger partial charge in [-0.05, 0) is 64.4 Å². The Kier molecular flexibility index (Phi) is 8.54. The Morgan fingerprint density at radius 2 is 1.70 bits per heavy atom. The monoisotopic (exact) mass is 493 g/mol. The number of halogens is 1. The van der Waals surface area contributed by atoms with Crippen molar-refractivity contribution in [3.63, 3.8) is 0 Å². The van der Waals surface area contributed by atoms with Crippen LogP contribution < -0.4 is 9.62 Å². The molecule has 0 aliphatic rings. The maximum absolute atomic E-state index is 13.4. The standard InChI is InChI=1S/C24H32ClN3O4S/c1-17-10-12-21(13-11-17)28(33(6,31)32)16-22(29)27(15-19-8-7-9-20(25)14-19)18(2)23(30)26-24(3,4)5/h7-14,18H,15-16H2,1-6H3,(H,26,30). The average Bonchev–Trinajstić information content (AvgIpc) is 2.68. The van der Waals surface area contributed by atoms with Crippen molar-refractivity contribution in [1.82, 2.24) is 10.2 Å². The molecule has 0 saturated heterocycles. The molecule has 2 aromatic rings. The van der Waals surface area contributed by atoms with Crippen molar-refractivity contribution in [2.75, 3.05) is 17.1 Å². The van der Waals surface area contributed by atoms with Crippen molar-refractivity contribution >= 4 is 39.1 Å². The van der Waals surface area contributed by atoms with Crippen LogP contribution in [-0.4, -0.2) is 49.5 Å². The van der Waals surface area contributed by atoms with Gasteiger partial charge in [-0.1, -0.05) is 41.4 Å². The highest BCUT2D eigenvalue weighted by molar-refractivity contribution is 7.92. The Morgan fingerprint density at radius 3 is 2.21 bits per heavy atom. The molecule has 0 bridgehead atoms. The Balaban J connectivity index is 2.39. The predicted octanol–water partition coefficient (Wildman–Crippen LogP) is 3.75. The van der Waals surface area contributed by atoms with Gasteiger partial charge < -0.3 is 10.2 Å². The molecule has 0 radical (unpaired) electrons. The number of nitrogens with one attached hydrogen (secondary N) is 1. The highest BCUT2D eigenvalue weighted by Gasteiger charge is 2.31. The number of nitrogens with zero attached hydrogens (tertiary/aromatic N) is 2. The Morgan fingerprint density at radius 1 is 1.09 bits per heavy atom. The minimum atomic E-state index is -3.75. The summed E-state index contributed by atoms with van der Waals surface area (Å²) in [6, 6.07) is 13.0. The summed E-state index contributed by atoms with van der Waals surface area (Å²) in [6.45, 7) is 8.73. The zero-order valence-electron chi connectivity index (χ0n) is 19.9. The van der Waals surface area contributed by atoms with E-state index in [0.717, 1.165) is 21.7 Å². The number of anilines is 1. The van der Waals surface area contributed by atoms with E-state index in [2.05, 4.69) is 5.32 Å². The lowest BCUT2D eigenvalue weighted by molar-refractivity contribution is -0.140. The van der Waals surface area contributed by atoms with Crippen LogP contribution in [0, 0.1) is 6.92 Å². The third-order valence-corrected chi connectivity index (χ3v) is 6.28. The third-order valence-electron chi connectivity index (χ3n) is 4.91. The molecule has 33 heavy (non-hydrogen) atoms. The minimum Gasteiger partial charge on any atom is -0.350 e. The first-order valence-electron chi connectivity index (χ1n) is 10.6. The van der Waals surface area contributed by atoms with E-state index >= 15 is 0 Å². The van der Waals surface area contributed by atoms with Crippen molar-refractivity contribution in [2.45, 2.75) is 52.7 Å². The maximum Gasteiger partial charge on any atom is 0.244 e. The van der Waals surface area contributed by atoms with Crippen LogP contribution in [-0.2, 0) is 26.2 Å². The quantitative estimate of drug-likeness (QED) is 0.606. The second-order valence-electron chi connectivity index (χ2n) is 9.17. The van der Waals surface area contributed by atoms with E-state index in [1.54, 1.807) is 55.5 Å². The van der Waals surface area contributed by atoms with Crippen LogP contribution in [0.5, 0.6) is 0 Å². The topological polar surface area (TPSA) is 86.8 Å². The van der Waals surface area contributed by atoms with E-state index in [1.807, 2.05) is 27.7 Å². The molecule has 1 atom stereocenters. The summed E-state index contributed by atoms with van der Waals surface area (Å²) >= 11 is 6.10. The van der Waals surface area contributed by atoms with Crippen molar-refractivity contribution in [3.05, 3.63) is 64.7 Å². The fourth-order valence-electron chi connectivity index (χ4n) is 3.21. The third kappa shape index (κ3) is 8.05. The van der Waals surface area contributed by atoms with Crippen LogP contribution in [0.1, 0.15) is 38.8 Å². The summed E-state index contributed by atoms with van der Waals surface area (Å²) in [6.07, 6.45) is 1.05. The van der Waals surface area contributed by atoms with E-state index in [-0.39, 0.29) is 12.5 Å². The molecule has 0 aromatic heterocycles. The zero-order valence-corrected chi connectivity index (χ0v) is 21.5. The number of benzene rings is 2. The van der Waals surface area contributed by atoms with Crippen LogP contribution in [0.4, 0.5) is 5.69 Å². The number of hydrogen-bond acceptors (Lipinski definition) is 4. The first-order valence-corrected chi connectivity index (χ1v) is 12.8. The van der Waals surface area contributed by atoms with Gasteiger partial charge in [-0.3, -0.25) is 13.9 Å². The van der Waals surface area contributed by atoms with E-state index < -0.39 is 34.1 Å². The number of sulfonamides is 1. The van der Waals surface area contributed by atoms with Crippen molar-refractivity contribution in [1.29, 1.82) is 0 Å². The van der Waals surface area contributed by atoms with Gasteiger partial charge >= 0.3 is 0 Å². The molecule has 1 N–H and O–H groups in total. The average molecular weight is 494 g/mol. The molecule has 9 heteroatoms. The first-order chi connectivity index (χ1) is 15.2. The minimum absolute atomic E-state index is 0.101. The Hall–Kier alpha value is -2.58. The highest BCUT2D eigenvalue weighted by atomic mass is 35.5. The molecule has 7 nitrogen and oxygen atoms in total. The van der Waals surface area contributed by atoms with Crippen LogP contribution in [0.15, 0.2) is 48.5 Å². The first kappa shape index (κ1) is 26.7. The molecule has 0 aliphatic heterocycles. The van der Waals surface area contributed by atoms with Gasteiger partial charge in [-0.2, -0.15) is 0 Å². The van der Waals surface area contributed by atoms with Gasteiger partial charge in [0, 0.05) is 17.1 Å². The fraction of sp³-hybridized carbons (Fsp3) is 0.417. The van der Waals surface area contributed by atoms with Gasteiger partial charge in [0.1, 0.15) is 12.6 Å². The lowest BCUT2D eigenvalue weighted by atomic mass is 10.1. The highest BCUT2D eigenvalue weighted by Crippen LogP contribution is 2.20. The van der Waals surface area contributed by atoms with Crippen LogP contribution in [0.25, 0.3) is 0 Å². The molecule has 180 valence electrons. The summed E-state index contributed by atoms with van der Waals surface area (Å²) in [4.78, 5) is 27.7. The van der Waals surface area contributed by atoms with E-state index in [9.17, 15) is 18.0 Å². The Bertz CT molecular complexity index is 1100.